The van der Waals surface area contributed by atoms with E-state index in [9.17, 15) is 0 Å². The summed E-state index contributed by atoms with van der Waals surface area (Å²) in [5, 5.41) is 6.84. The number of hydrogen-bond donors (Lipinski definition) is 2. The molecule has 0 aromatic heterocycles. The Labute approximate surface area is 176 Å². The van der Waals surface area contributed by atoms with E-state index in [0.29, 0.717) is 0 Å². The second-order valence-corrected chi connectivity index (χ2v) is 7.01. The van der Waals surface area contributed by atoms with Gasteiger partial charge in [0.25, 0.3) is 0 Å². The van der Waals surface area contributed by atoms with E-state index < -0.39 is 0 Å². The lowest BCUT2D eigenvalue weighted by molar-refractivity contribution is 0.0514. The lowest BCUT2D eigenvalue weighted by Crippen LogP contribution is -2.48. The van der Waals surface area contributed by atoms with Crippen molar-refractivity contribution in [3.05, 3.63) is 34.3 Å². The van der Waals surface area contributed by atoms with E-state index in [4.69, 9.17) is 9.47 Å². The van der Waals surface area contributed by atoms with Gasteiger partial charge in [-0.3, -0.25) is 4.99 Å². The molecule has 0 spiro atoms. The highest BCUT2D eigenvalue weighted by Gasteiger charge is 2.34. The summed E-state index contributed by atoms with van der Waals surface area (Å²) in [6.07, 6.45) is 2.99. The van der Waals surface area contributed by atoms with E-state index in [1.165, 1.54) is 5.56 Å². The molecule has 1 fully saturated rings. The number of nitrogens with one attached hydrogen (secondary N) is 2. The van der Waals surface area contributed by atoms with Crippen molar-refractivity contribution in [1.29, 1.82) is 0 Å². The molecule has 142 valence electrons. The van der Waals surface area contributed by atoms with Crippen LogP contribution in [0, 0.1) is 0 Å². The Morgan fingerprint density at radius 2 is 1.92 bits per heavy atom. The highest BCUT2D eigenvalue weighted by molar-refractivity contribution is 14.0. The van der Waals surface area contributed by atoms with Crippen LogP contribution in [0.5, 0.6) is 0 Å². The van der Waals surface area contributed by atoms with Gasteiger partial charge in [0.15, 0.2) is 5.96 Å². The van der Waals surface area contributed by atoms with Crippen LogP contribution in [0.4, 0.5) is 0 Å². The van der Waals surface area contributed by atoms with Gasteiger partial charge in [0.05, 0.1) is 0 Å². The van der Waals surface area contributed by atoms with Gasteiger partial charge >= 0.3 is 0 Å². The van der Waals surface area contributed by atoms with Crippen LogP contribution in [0.15, 0.2) is 33.7 Å². The Hall–Kier alpha value is -0.380. The average Bonchev–Trinajstić information content (AvgIpc) is 2.62. The molecule has 2 N–H and O–H groups in total. The van der Waals surface area contributed by atoms with Gasteiger partial charge < -0.3 is 20.1 Å². The fourth-order valence-electron chi connectivity index (χ4n) is 3.03. The molecule has 0 amide bonds. The Morgan fingerprint density at radius 1 is 1.24 bits per heavy atom. The van der Waals surface area contributed by atoms with Gasteiger partial charge in [-0.25, -0.2) is 0 Å². The molecule has 2 rings (SSSR count). The van der Waals surface area contributed by atoms with Gasteiger partial charge in [-0.05, 0) is 37.0 Å². The molecule has 5 nitrogen and oxygen atoms in total. The van der Waals surface area contributed by atoms with Gasteiger partial charge in [-0.2, -0.15) is 0 Å². The zero-order chi connectivity index (χ0) is 17.3. The zero-order valence-corrected chi connectivity index (χ0v) is 18.9. The monoisotopic (exact) mass is 525 g/mol. The van der Waals surface area contributed by atoms with Crippen LogP contribution in [0.25, 0.3) is 0 Å². The number of nitrogens with zero attached hydrogens (tertiary/aromatic N) is 1. The molecule has 0 unspecified atom stereocenters. The van der Waals surface area contributed by atoms with Crippen LogP contribution in [-0.4, -0.2) is 53.0 Å². The largest absolute Gasteiger partial charge is 0.385 e. The number of methoxy groups -OCH3 is 1. The molecule has 1 aliphatic rings. The van der Waals surface area contributed by atoms with Crippen LogP contribution in [-0.2, 0) is 14.9 Å². The Balaban J connectivity index is 0.00000312. The first-order valence-corrected chi connectivity index (χ1v) is 9.27. The first kappa shape index (κ1) is 22.7. The van der Waals surface area contributed by atoms with Crippen molar-refractivity contribution in [2.75, 3.05) is 47.1 Å². The highest BCUT2D eigenvalue weighted by atomic mass is 127. The molecular formula is C18H29BrIN3O2. The molecule has 0 saturated carbocycles. The van der Waals surface area contributed by atoms with Crippen LogP contribution in [0.1, 0.15) is 24.8 Å². The molecule has 0 radical (unpaired) electrons. The standard InChI is InChI=1S/C18H28BrN3O2.HI/c1-20-17(21-10-3-11-23-2)22-14-18(8-12-24-13-9-18)15-4-6-16(19)7-5-15;/h4-7H,3,8-14H2,1-2H3,(H2,20,21,22);1H. The minimum absolute atomic E-state index is 0. The van der Waals surface area contributed by atoms with E-state index >= 15 is 0 Å². The summed E-state index contributed by atoms with van der Waals surface area (Å²) in [6, 6.07) is 8.66. The van der Waals surface area contributed by atoms with Gasteiger partial charge in [0.2, 0.25) is 0 Å². The maximum atomic E-state index is 5.60. The Morgan fingerprint density at radius 3 is 2.52 bits per heavy atom. The molecule has 25 heavy (non-hydrogen) atoms. The van der Waals surface area contributed by atoms with E-state index in [1.807, 2.05) is 7.05 Å². The Bertz CT molecular complexity index is 520. The number of aliphatic imine (C=N–C) groups is 1. The van der Waals surface area contributed by atoms with E-state index in [1.54, 1.807) is 7.11 Å². The zero-order valence-electron chi connectivity index (χ0n) is 15.0. The van der Waals surface area contributed by atoms with Crippen molar-refractivity contribution in [1.82, 2.24) is 10.6 Å². The highest BCUT2D eigenvalue weighted by Crippen LogP contribution is 2.34. The summed E-state index contributed by atoms with van der Waals surface area (Å²) in [7, 11) is 3.53. The molecular weight excluding hydrogens is 497 g/mol. The number of halogens is 2. The molecule has 1 aliphatic heterocycles. The third-order valence-corrected chi connectivity index (χ3v) is 5.07. The maximum Gasteiger partial charge on any atom is 0.191 e. The summed E-state index contributed by atoms with van der Waals surface area (Å²) in [6.45, 7) is 4.06. The van der Waals surface area contributed by atoms with E-state index in [-0.39, 0.29) is 29.4 Å². The van der Waals surface area contributed by atoms with Crippen LogP contribution in [0.2, 0.25) is 0 Å². The minimum Gasteiger partial charge on any atom is -0.385 e. The SMILES string of the molecule is CN=C(NCCCOC)NCC1(c2ccc(Br)cc2)CCOCC1.I. The number of guanidine groups is 1. The topological polar surface area (TPSA) is 54.9 Å². The summed E-state index contributed by atoms with van der Waals surface area (Å²) < 4.78 is 11.8. The number of rotatable bonds is 7. The van der Waals surface area contributed by atoms with E-state index in [0.717, 1.165) is 62.6 Å². The Kier molecular flexibility index (Phi) is 11.0. The van der Waals surface area contributed by atoms with Crippen LogP contribution < -0.4 is 10.6 Å². The summed E-state index contributed by atoms with van der Waals surface area (Å²) in [4.78, 5) is 4.32. The van der Waals surface area contributed by atoms with Crippen LogP contribution >= 0.6 is 39.9 Å². The fourth-order valence-corrected chi connectivity index (χ4v) is 3.29. The van der Waals surface area contributed by atoms with Crippen molar-refractivity contribution in [3.8, 4) is 0 Å². The maximum absolute atomic E-state index is 5.60. The summed E-state index contributed by atoms with van der Waals surface area (Å²) in [5.41, 5.74) is 1.44. The van der Waals surface area contributed by atoms with Crippen molar-refractivity contribution < 1.29 is 9.47 Å². The lowest BCUT2D eigenvalue weighted by Gasteiger charge is -2.38. The first-order valence-electron chi connectivity index (χ1n) is 8.47. The smallest absolute Gasteiger partial charge is 0.191 e. The quantitative estimate of drug-likeness (QED) is 0.248. The molecule has 0 bridgehead atoms. The number of ether oxygens (including phenoxy) is 2. The third-order valence-electron chi connectivity index (χ3n) is 4.54. The number of benzene rings is 1. The lowest BCUT2D eigenvalue weighted by atomic mass is 9.74. The fraction of sp³-hybridized carbons (Fsp3) is 0.611. The van der Waals surface area contributed by atoms with Crippen LogP contribution in [0.3, 0.4) is 0 Å². The average molecular weight is 526 g/mol. The molecule has 1 aromatic rings. The van der Waals surface area contributed by atoms with Gasteiger partial charge in [-0.1, -0.05) is 28.1 Å². The molecule has 1 saturated heterocycles. The van der Waals surface area contributed by atoms with Crippen molar-refractivity contribution in [2.24, 2.45) is 4.99 Å². The minimum atomic E-state index is 0. The predicted molar refractivity (Wildman–Crippen MR) is 117 cm³/mol. The van der Waals surface area contributed by atoms with Crippen molar-refractivity contribution >= 4 is 45.9 Å². The molecule has 7 heteroatoms. The normalized spacial score (nSPS) is 16.8. The van der Waals surface area contributed by atoms with Crippen molar-refractivity contribution in [3.63, 3.8) is 0 Å². The van der Waals surface area contributed by atoms with Crippen molar-refractivity contribution in [2.45, 2.75) is 24.7 Å². The molecule has 0 atom stereocenters. The van der Waals surface area contributed by atoms with Gasteiger partial charge in [-0.15, -0.1) is 24.0 Å². The second-order valence-electron chi connectivity index (χ2n) is 6.10. The molecule has 1 heterocycles. The second kappa shape index (κ2) is 12.1. The van der Waals surface area contributed by atoms with Gasteiger partial charge in [0.1, 0.15) is 0 Å². The molecule has 1 aromatic carbocycles. The van der Waals surface area contributed by atoms with Gasteiger partial charge in [0, 0.05) is 57.0 Å². The predicted octanol–water partition coefficient (Wildman–Crippen LogP) is 3.32. The summed E-state index contributed by atoms with van der Waals surface area (Å²) in [5.74, 6) is 0.842. The number of hydrogen-bond acceptors (Lipinski definition) is 3. The molecule has 0 aliphatic carbocycles. The van der Waals surface area contributed by atoms with E-state index in [2.05, 4.69) is 55.8 Å². The summed E-state index contributed by atoms with van der Waals surface area (Å²) >= 11 is 3.52. The third kappa shape index (κ3) is 7.03. The first-order chi connectivity index (χ1) is 11.7.